The number of benzene rings is 1. The van der Waals surface area contributed by atoms with E-state index in [9.17, 15) is 8.42 Å². The van der Waals surface area contributed by atoms with Crippen molar-refractivity contribution in [3.63, 3.8) is 0 Å². The van der Waals surface area contributed by atoms with Gasteiger partial charge in [-0.1, -0.05) is 30.2 Å². The van der Waals surface area contributed by atoms with Crippen LogP contribution in [0.1, 0.15) is 49.7 Å². The summed E-state index contributed by atoms with van der Waals surface area (Å²) >= 11 is 6.41. The van der Waals surface area contributed by atoms with E-state index in [4.69, 9.17) is 27.0 Å². The molecule has 2 atom stereocenters. The van der Waals surface area contributed by atoms with Gasteiger partial charge in [-0.15, -0.1) is 4.40 Å². The van der Waals surface area contributed by atoms with Crippen molar-refractivity contribution in [1.82, 2.24) is 0 Å². The number of nitrogens with zero attached hydrogens (tertiary/aromatic N) is 1. The summed E-state index contributed by atoms with van der Waals surface area (Å²) in [4.78, 5) is 0. The van der Waals surface area contributed by atoms with Crippen molar-refractivity contribution in [3.8, 4) is 0 Å². The van der Waals surface area contributed by atoms with Gasteiger partial charge in [-0.05, 0) is 49.3 Å². The molecule has 3 aliphatic rings. The summed E-state index contributed by atoms with van der Waals surface area (Å²) in [7, 11) is 1.34. The van der Waals surface area contributed by atoms with Crippen LogP contribution in [0.5, 0.6) is 0 Å². The Morgan fingerprint density at radius 3 is 2.74 bits per heavy atom. The third kappa shape index (κ3) is 2.31. The van der Waals surface area contributed by atoms with Gasteiger partial charge in [-0.2, -0.15) is 8.42 Å². The van der Waals surface area contributed by atoms with Crippen LogP contribution in [0, 0.1) is 0 Å². The van der Waals surface area contributed by atoms with Crippen molar-refractivity contribution in [2.24, 2.45) is 4.40 Å². The van der Waals surface area contributed by atoms with E-state index in [-0.39, 0.29) is 16.9 Å². The van der Waals surface area contributed by atoms with Gasteiger partial charge < -0.3 is 4.74 Å². The van der Waals surface area contributed by atoms with Crippen LogP contribution in [0.4, 0.5) is 0 Å². The van der Waals surface area contributed by atoms with Crippen LogP contribution >= 0.6 is 22.3 Å². The molecule has 1 heterocycles. The maximum atomic E-state index is 11.4. The van der Waals surface area contributed by atoms with Gasteiger partial charge in [0.2, 0.25) is 5.90 Å². The quantitative estimate of drug-likeness (QED) is 0.695. The Morgan fingerprint density at radius 1 is 1.17 bits per heavy atom. The van der Waals surface area contributed by atoms with Gasteiger partial charge in [0.05, 0.1) is 0 Å². The van der Waals surface area contributed by atoms with Crippen molar-refractivity contribution < 1.29 is 13.2 Å². The minimum atomic E-state index is -3.98. The Labute approximate surface area is 145 Å². The van der Waals surface area contributed by atoms with Crippen LogP contribution in [-0.2, 0) is 25.8 Å². The van der Waals surface area contributed by atoms with E-state index in [1.54, 1.807) is 0 Å². The molecule has 2 fully saturated rings. The topological polar surface area (TPSA) is 55.7 Å². The second-order valence-corrected chi connectivity index (χ2v) is 9.31. The van der Waals surface area contributed by atoms with Crippen molar-refractivity contribution in [2.75, 3.05) is 0 Å². The molecule has 7 heteroatoms. The summed E-state index contributed by atoms with van der Waals surface area (Å²) in [6.45, 7) is 0. The van der Waals surface area contributed by atoms with Gasteiger partial charge in [0, 0.05) is 27.5 Å². The molecule has 0 bridgehead atoms. The van der Waals surface area contributed by atoms with E-state index in [1.165, 1.54) is 11.1 Å². The molecule has 0 radical (unpaired) electrons. The second-order valence-electron chi connectivity index (χ2n) is 6.73. The van der Waals surface area contributed by atoms with E-state index in [0.717, 1.165) is 43.5 Å². The van der Waals surface area contributed by atoms with Crippen molar-refractivity contribution >= 4 is 37.4 Å². The molecule has 0 aromatic heterocycles. The highest BCUT2D eigenvalue weighted by Gasteiger charge is 2.63. The number of hydrogen-bond donors (Lipinski definition) is 0. The predicted molar refractivity (Wildman–Crippen MR) is 90.6 cm³/mol. The van der Waals surface area contributed by atoms with E-state index in [2.05, 4.69) is 10.5 Å². The second kappa shape index (κ2) is 5.11. The molecule has 2 aliphatic carbocycles. The van der Waals surface area contributed by atoms with Gasteiger partial charge in [-0.25, -0.2) is 0 Å². The van der Waals surface area contributed by atoms with Crippen LogP contribution in [0.15, 0.2) is 22.6 Å². The normalized spacial score (nSPS) is 34.4. The fraction of sp³-hybridized carbons (Fsp3) is 0.562. The smallest absolute Gasteiger partial charge is 0.342 e. The molecule has 1 aromatic carbocycles. The maximum absolute atomic E-state index is 11.4. The first-order valence-electron chi connectivity index (χ1n) is 7.86. The minimum Gasteiger partial charge on any atom is -0.473 e. The molecular weight excluding hydrogens is 357 g/mol. The van der Waals surface area contributed by atoms with Crippen molar-refractivity contribution in [3.05, 3.63) is 34.3 Å². The number of hydrogen-bond acceptors (Lipinski definition) is 3. The fourth-order valence-electron chi connectivity index (χ4n) is 4.87. The maximum Gasteiger partial charge on any atom is 0.342 e. The van der Waals surface area contributed by atoms with Crippen LogP contribution < -0.4 is 0 Å². The zero-order valence-electron chi connectivity index (χ0n) is 12.5. The lowest BCUT2D eigenvalue weighted by atomic mass is 9.54. The molecule has 23 heavy (non-hydrogen) atoms. The SMILES string of the molecule is O=S(=O)(Cl)/N=C1/CC23CCCCC2(CCc2c(Cl)cccc23)O1. The molecule has 1 aliphatic heterocycles. The largest absolute Gasteiger partial charge is 0.473 e. The molecule has 4 rings (SSSR count). The first-order chi connectivity index (χ1) is 10.9. The first-order valence-corrected chi connectivity index (χ1v) is 10.5. The molecule has 1 saturated carbocycles. The van der Waals surface area contributed by atoms with Gasteiger partial charge in [0.1, 0.15) is 5.60 Å². The predicted octanol–water partition coefficient (Wildman–Crippen LogP) is 4.14. The van der Waals surface area contributed by atoms with Gasteiger partial charge in [-0.3, -0.25) is 0 Å². The summed E-state index contributed by atoms with van der Waals surface area (Å²) < 4.78 is 32.5. The van der Waals surface area contributed by atoms with Crippen LogP contribution in [0.25, 0.3) is 0 Å². The first kappa shape index (κ1) is 15.7. The van der Waals surface area contributed by atoms with E-state index in [0.29, 0.717) is 6.42 Å². The molecule has 0 spiro atoms. The Bertz CT molecular complexity index is 808. The summed E-state index contributed by atoms with van der Waals surface area (Å²) in [5, 5.41) is 0.784. The Balaban J connectivity index is 1.91. The van der Waals surface area contributed by atoms with Crippen LogP contribution in [0.3, 0.4) is 0 Å². The van der Waals surface area contributed by atoms with Gasteiger partial charge in [0.25, 0.3) is 0 Å². The monoisotopic (exact) mass is 373 g/mol. The molecule has 1 saturated heterocycles. The summed E-state index contributed by atoms with van der Waals surface area (Å²) in [6.07, 6.45) is 6.22. The molecular formula is C16H17Cl2NO3S. The van der Waals surface area contributed by atoms with Crippen molar-refractivity contribution in [1.29, 1.82) is 0 Å². The Hall–Kier alpha value is -0.780. The summed E-state index contributed by atoms with van der Waals surface area (Å²) in [6, 6.07) is 6.00. The molecule has 124 valence electrons. The lowest BCUT2D eigenvalue weighted by molar-refractivity contribution is -0.0324. The average Bonchev–Trinajstić information content (AvgIpc) is 2.79. The van der Waals surface area contributed by atoms with Gasteiger partial charge >= 0.3 is 9.24 Å². The highest BCUT2D eigenvalue weighted by Crippen LogP contribution is 2.60. The van der Waals surface area contributed by atoms with Crippen LogP contribution in [-0.4, -0.2) is 19.9 Å². The molecule has 0 amide bonds. The lowest BCUT2D eigenvalue weighted by Crippen LogP contribution is -2.53. The third-order valence-corrected chi connectivity index (χ3v) is 6.68. The summed E-state index contributed by atoms with van der Waals surface area (Å²) in [5.41, 5.74) is 1.77. The van der Waals surface area contributed by atoms with Gasteiger partial charge in [0.15, 0.2) is 0 Å². The minimum absolute atomic E-state index is 0.232. The Morgan fingerprint density at radius 2 is 1.96 bits per heavy atom. The molecule has 0 N–H and O–H groups in total. The van der Waals surface area contributed by atoms with E-state index in [1.807, 2.05) is 12.1 Å². The number of fused-ring (bicyclic) bond motifs is 1. The molecule has 4 nitrogen and oxygen atoms in total. The average molecular weight is 374 g/mol. The zero-order valence-corrected chi connectivity index (χ0v) is 14.8. The summed E-state index contributed by atoms with van der Waals surface area (Å²) in [5.74, 6) is 0.245. The standard InChI is InChI=1S/C16H17Cl2NO3S/c17-13-5-3-4-12-11(13)6-9-16-8-2-1-7-15(12,16)10-14(22-16)19-23(18,20)21/h3-5H,1-2,6-10H2/b19-14-. The van der Waals surface area contributed by atoms with E-state index >= 15 is 0 Å². The molecule has 1 aromatic rings. The molecule has 2 unspecified atom stereocenters. The van der Waals surface area contributed by atoms with E-state index < -0.39 is 9.24 Å². The zero-order chi connectivity index (χ0) is 16.3. The number of ether oxygens (including phenoxy) is 1. The fourth-order valence-corrected chi connectivity index (χ4v) is 5.72. The van der Waals surface area contributed by atoms with Crippen LogP contribution in [0.2, 0.25) is 5.02 Å². The Kier molecular flexibility index (Phi) is 3.49. The number of rotatable bonds is 1. The number of halogens is 2. The highest BCUT2D eigenvalue weighted by molar-refractivity contribution is 8.12. The lowest BCUT2D eigenvalue weighted by Gasteiger charge is -2.51. The van der Waals surface area contributed by atoms with Crippen molar-refractivity contribution in [2.45, 2.75) is 56.0 Å². The highest BCUT2D eigenvalue weighted by atomic mass is 35.7. The third-order valence-electron chi connectivity index (χ3n) is 5.70.